The van der Waals surface area contributed by atoms with Crippen LogP contribution in [0.25, 0.3) is 10.8 Å². The fraction of sp³-hybridized carbons (Fsp3) is 0.500. The maximum absolute atomic E-state index is 13.4. The van der Waals surface area contributed by atoms with Crippen molar-refractivity contribution in [1.29, 1.82) is 0 Å². The lowest BCUT2D eigenvalue weighted by Crippen LogP contribution is -2.51. The number of carbonyl (C=O) groups is 3. The lowest BCUT2D eigenvalue weighted by Gasteiger charge is -2.28. The zero-order chi connectivity index (χ0) is 34.4. The number of esters is 1. The van der Waals surface area contributed by atoms with Crippen LogP contribution in [0, 0.1) is 20.8 Å². The van der Waals surface area contributed by atoms with Crippen LogP contribution in [0.15, 0.2) is 54.6 Å². The number of nitrogens with one attached hydrogen (secondary N) is 2. The van der Waals surface area contributed by atoms with Gasteiger partial charge in [-0.1, -0.05) is 66.6 Å². The molecule has 2 unspecified atom stereocenters. The van der Waals surface area contributed by atoms with Crippen molar-refractivity contribution >= 4 is 34.3 Å². The first-order valence-electron chi connectivity index (χ1n) is 16.6. The van der Waals surface area contributed by atoms with Crippen LogP contribution >= 0.6 is 0 Å². The van der Waals surface area contributed by atoms with Crippen LogP contribution in [0.3, 0.4) is 0 Å². The topological polar surface area (TPSA) is 123 Å². The fourth-order valence-electron chi connectivity index (χ4n) is 5.55. The van der Waals surface area contributed by atoms with Crippen molar-refractivity contribution in [1.82, 2.24) is 5.32 Å². The minimum Gasteiger partial charge on any atom is -0.480 e. The van der Waals surface area contributed by atoms with Gasteiger partial charge in [0.1, 0.15) is 12.2 Å². The number of amides is 1. The molecule has 0 bridgehead atoms. The van der Waals surface area contributed by atoms with Crippen molar-refractivity contribution in [2.24, 2.45) is 0 Å². The lowest BCUT2D eigenvalue weighted by molar-refractivity contribution is -0.184. The molecule has 256 valence electrons. The smallest absolute Gasteiger partial charge is 0.339 e. The summed E-state index contributed by atoms with van der Waals surface area (Å²) in [5, 5.41) is 18.0. The zero-order valence-electron chi connectivity index (χ0n) is 28.8. The Labute approximate surface area is 279 Å². The molecule has 0 saturated carbocycles. The van der Waals surface area contributed by atoms with E-state index < -0.39 is 42.3 Å². The molecule has 0 saturated heterocycles. The Kier molecular flexibility index (Phi) is 14.7. The number of hydrogen-bond donors (Lipinski definition) is 3. The molecule has 0 fully saturated rings. The van der Waals surface area contributed by atoms with Crippen LogP contribution in [0.4, 0.5) is 5.69 Å². The van der Waals surface area contributed by atoms with Gasteiger partial charge in [-0.05, 0) is 101 Å². The molecule has 0 aromatic heterocycles. The number of carboxylic acid groups (broad SMARTS) is 1. The normalized spacial score (nSPS) is 12.8. The van der Waals surface area contributed by atoms with Crippen molar-refractivity contribution in [3.8, 4) is 0 Å². The molecule has 3 N–H and O–H groups in total. The van der Waals surface area contributed by atoms with Gasteiger partial charge in [-0.2, -0.15) is 0 Å². The third-order valence-electron chi connectivity index (χ3n) is 7.66. The molecule has 0 aliphatic rings. The fourth-order valence-corrected chi connectivity index (χ4v) is 5.55. The summed E-state index contributed by atoms with van der Waals surface area (Å²) < 4.78 is 16.9. The summed E-state index contributed by atoms with van der Waals surface area (Å²) in [5.41, 5.74) is 5.09. The number of benzene rings is 3. The van der Waals surface area contributed by atoms with E-state index in [-0.39, 0.29) is 6.61 Å². The molecule has 9 nitrogen and oxygen atoms in total. The van der Waals surface area contributed by atoms with Crippen LogP contribution in [0.5, 0.6) is 0 Å². The van der Waals surface area contributed by atoms with Gasteiger partial charge < -0.3 is 30.0 Å². The van der Waals surface area contributed by atoms with Crippen LogP contribution in [-0.4, -0.2) is 67.1 Å². The minimum atomic E-state index is -1.53. The maximum atomic E-state index is 13.4. The van der Waals surface area contributed by atoms with Crippen molar-refractivity contribution in [3.05, 3.63) is 76.9 Å². The monoisotopic (exact) mass is 648 g/mol. The zero-order valence-corrected chi connectivity index (χ0v) is 28.8. The lowest BCUT2D eigenvalue weighted by atomic mass is 10.0. The quantitative estimate of drug-likeness (QED) is 0.0972. The van der Waals surface area contributed by atoms with E-state index in [4.69, 9.17) is 14.2 Å². The summed E-state index contributed by atoms with van der Waals surface area (Å²) in [4.78, 5) is 37.9. The molecule has 3 aromatic carbocycles. The van der Waals surface area contributed by atoms with Crippen LogP contribution in [0.2, 0.25) is 0 Å². The van der Waals surface area contributed by atoms with Gasteiger partial charge in [0.15, 0.2) is 12.2 Å². The van der Waals surface area contributed by atoms with E-state index >= 15 is 0 Å². The molecule has 3 rings (SSSR count). The molecule has 0 aliphatic heterocycles. The SMILES string of the molecule is Cc1cc(C)c(NCCCCOC(C(=O)NCCCCCc2ccc3ccccc3c2)C(OCC(=O)O)C(=O)OC(C)(C)C)c(C)c1. The number of anilines is 1. The molecule has 0 aliphatic carbocycles. The van der Waals surface area contributed by atoms with Gasteiger partial charge in [0.25, 0.3) is 5.91 Å². The molecule has 0 heterocycles. The number of hydrogen-bond acceptors (Lipinski definition) is 7. The highest BCUT2D eigenvalue weighted by Crippen LogP contribution is 2.22. The molecule has 3 aromatic rings. The number of carboxylic acids is 1. The highest BCUT2D eigenvalue weighted by atomic mass is 16.6. The second-order valence-electron chi connectivity index (χ2n) is 13.1. The maximum Gasteiger partial charge on any atom is 0.339 e. The molecule has 2 atom stereocenters. The van der Waals surface area contributed by atoms with E-state index in [0.29, 0.717) is 19.5 Å². The van der Waals surface area contributed by atoms with Gasteiger partial charge in [0.05, 0.1) is 0 Å². The summed E-state index contributed by atoms with van der Waals surface area (Å²) in [5.74, 6) is -2.65. The van der Waals surface area contributed by atoms with E-state index in [2.05, 4.69) is 73.9 Å². The number of unbranched alkanes of at least 4 members (excludes halogenated alkanes) is 3. The first-order valence-corrected chi connectivity index (χ1v) is 16.6. The average molecular weight is 649 g/mol. The predicted octanol–water partition coefficient (Wildman–Crippen LogP) is 6.68. The Morgan fingerprint density at radius 2 is 1.47 bits per heavy atom. The summed E-state index contributed by atoms with van der Waals surface area (Å²) in [6, 6.07) is 19.1. The minimum absolute atomic E-state index is 0.174. The standard InChI is InChI=1S/C38H52N2O7/c1-26-22-27(2)33(28(3)23-26)39-19-12-13-21-45-34(35(46-25-32(41)42)37(44)47-38(4,5)6)36(43)40-20-11-7-8-14-29-17-18-30-15-9-10-16-31(30)24-29/h9-10,15-18,22-24,34-35,39H,7-8,11-14,19-21,25H2,1-6H3,(H,40,43)(H,41,42). The third-order valence-corrected chi connectivity index (χ3v) is 7.66. The number of aryl methyl sites for hydroxylation is 4. The van der Waals surface area contributed by atoms with Crippen LogP contribution in [-0.2, 0) is 35.0 Å². The molecule has 47 heavy (non-hydrogen) atoms. The molecule has 9 heteroatoms. The summed E-state index contributed by atoms with van der Waals surface area (Å²) >= 11 is 0. The Hall–Kier alpha value is -3.95. The highest BCUT2D eigenvalue weighted by molar-refractivity contribution is 5.89. The second kappa shape index (κ2) is 18.4. The molecule has 1 amide bonds. The van der Waals surface area contributed by atoms with Crippen molar-refractivity contribution < 1.29 is 33.7 Å². The van der Waals surface area contributed by atoms with E-state index in [1.807, 2.05) is 12.1 Å². The van der Waals surface area contributed by atoms with Gasteiger partial charge in [0, 0.05) is 25.4 Å². The molecule has 0 radical (unpaired) electrons. The van der Waals surface area contributed by atoms with Crippen molar-refractivity contribution in [3.63, 3.8) is 0 Å². The number of ether oxygens (including phenoxy) is 3. The largest absolute Gasteiger partial charge is 0.480 e. The predicted molar refractivity (Wildman–Crippen MR) is 186 cm³/mol. The van der Waals surface area contributed by atoms with E-state index in [0.717, 1.165) is 37.8 Å². The van der Waals surface area contributed by atoms with Gasteiger partial charge >= 0.3 is 11.9 Å². The van der Waals surface area contributed by atoms with Gasteiger partial charge in [0.2, 0.25) is 0 Å². The van der Waals surface area contributed by atoms with Gasteiger partial charge in [-0.25, -0.2) is 9.59 Å². The Morgan fingerprint density at radius 3 is 2.15 bits per heavy atom. The van der Waals surface area contributed by atoms with Gasteiger partial charge in [-0.15, -0.1) is 0 Å². The summed E-state index contributed by atoms with van der Waals surface area (Å²) in [7, 11) is 0. The summed E-state index contributed by atoms with van der Waals surface area (Å²) in [6.45, 7) is 11.8. The van der Waals surface area contributed by atoms with Gasteiger partial charge in [-0.3, -0.25) is 4.79 Å². The number of aliphatic carboxylic acids is 1. The highest BCUT2D eigenvalue weighted by Gasteiger charge is 2.39. The number of rotatable bonds is 19. The molecule has 0 spiro atoms. The van der Waals surface area contributed by atoms with E-state index in [1.165, 1.54) is 33.0 Å². The first kappa shape index (κ1) is 37.5. The van der Waals surface area contributed by atoms with Crippen molar-refractivity contribution in [2.75, 3.05) is 31.6 Å². The second-order valence-corrected chi connectivity index (χ2v) is 13.1. The van der Waals surface area contributed by atoms with Crippen LogP contribution in [0.1, 0.15) is 75.1 Å². The van der Waals surface area contributed by atoms with Crippen molar-refractivity contribution in [2.45, 2.75) is 97.9 Å². The first-order chi connectivity index (χ1) is 22.3. The van der Waals surface area contributed by atoms with Crippen LogP contribution < -0.4 is 10.6 Å². The average Bonchev–Trinajstić information content (AvgIpc) is 2.99. The molecular formula is C38H52N2O7. The number of fused-ring (bicyclic) bond motifs is 1. The van der Waals surface area contributed by atoms with E-state index in [9.17, 15) is 19.5 Å². The molecular weight excluding hydrogens is 596 g/mol. The number of carbonyl (C=O) groups excluding carboxylic acids is 2. The summed E-state index contributed by atoms with van der Waals surface area (Å²) in [6.07, 6.45) is 2.00. The third kappa shape index (κ3) is 13.0. The Balaban J connectivity index is 1.55. The Bertz CT molecular complexity index is 1460. The van der Waals surface area contributed by atoms with E-state index in [1.54, 1.807) is 20.8 Å². The Morgan fingerprint density at radius 1 is 0.787 bits per heavy atom.